The molecule has 2 rings (SSSR count). The monoisotopic (exact) mass is 386 g/mol. The van der Waals surface area contributed by atoms with Gasteiger partial charge in [0.2, 0.25) is 5.91 Å². The lowest BCUT2D eigenvalue weighted by molar-refractivity contribution is -0.149. The molecule has 1 heterocycles. The van der Waals surface area contributed by atoms with E-state index in [1.807, 2.05) is 24.3 Å². The van der Waals surface area contributed by atoms with Crippen molar-refractivity contribution in [3.8, 4) is 0 Å². The summed E-state index contributed by atoms with van der Waals surface area (Å²) < 4.78 is 5.26. The van der Waals surface area contributed by atoms with Crippen LogP contribution in [-0.2, 0) is 19.7 Å². The van der Waals surface area contributed by atoms with Crippen molar-refractivity contribution in [1.82, 2.24) is 10.2 Å². The Kier molecular flexibility index (Phi) is 6.21. The van der Waals surface area contributed by atoms with Gasteiger partial charge in [-0.2, -0.15) is 0 Å². The molecule has 144 valence electrons. The molecule has 0 spiro atoms. The average molecular weight is 387 g/mol. The highest BCUT2D eigenvalue weighted by atomic mass is 32.1. The van der Waals surface area contributed by atoms with Gasteiger partial charge < -0.3 is 10.1 Å². The zero-order valence-corrected chi connectivity index (χ0v) is 17.1. The van der Waals surface area contributed by atoms with Gasteiger partial charge in [0, 0.05) is 12.6 Å². The molecule has 6 heteroatoms. The highest BCUT2D eigenvalue weighted by molar-refractivity contribution is 7.80. The zero-order valence-electron chi connectivity index (χ0n) is 16.2. The molecule has 1 saturated heterocycles. The number of nitrogens with zero attached hydrogens (tertiary/aromatic N) is 1. The number of carbonyl (C=O) groups is 2. The lowest BCUT2D eigenvalue weighted by atomic mass is 9.83. The quantitative estimate of drug-likeness (QED) is 0.487. The van der Waals surface area contributed by atoms with Crippen LogP contribution in [0.4, 0.5) is 0 Å². The normalized spacial score (nSPS) is 20.1. The van der Waals surface area contributed by atoms with E-state index in [0.717, 1.165) is 11.1 Å². The number of ether oxygens (including phenoxy) is 1. The zero-order chi connectivity index (χ0) is 20.4. The van der Waals surface area contributed by atoms with Gasteiger partial charge >= 0.3 is 5.97 Å². The largest absolute Gasteiger partial charge is 0.461 e. The smallest absolute Gasteiger partial charge is 0.317 e. The Morgan fingerprint density at radius 3 is 2.37 bits per heavy atom. The molecule has 1 aromatic rings. The number of esters is 1. The van der Waals surface area contributed by atoms with Crippen LogP contribution in [0, 0.1) is 5.92 Å². The van der Waals surface area contributed by atoms with E-state index in [2.05, 4.69) is 39.2 Å². The first kappa shape index (κ1) is 20.8. The van der Waals surface area contributed by atoms with Crippen molar-refractivity contribution < 1.29 is 14.3 Å². The van der Waals surface area contributed by atoms with Crippen molar-refractivity contribution in [2.75, 3.05) is 6.61 Å². The number of amides is 1. The van der Waals surface area contributed by atoms with Gasteiger partial charge in [0.15, 0.2) is 5.11 Å². The molecule has 1 aromatic carbocycles. The predicted octanol–water partition coefficient (Wildman–Crippen LogP) is 3.62. The van der Waals surface area contributed by atoms with Crippen LogP contribution in [0.2, 0.25) is 0 Å². The molecule has 0 radical (unpaired) electrons. The maximum atomic E-state index is 12.7. The van der Waals surface area contributed by atoms with E-state index in [1.54, 1.807) is 0 Å². The van der Waals surface area contributed by atoms with Gasteiger partial charge in [-0.25, -0.2) is 0 Å². The van der Waals surface area contributed by atoms with Crippen LogP contribution in [0.25, 0.3) is 0 Å². The van der Waals surface area contributed by atoms with Gasteiger partial charge in [-0.15, -0.1) is 0 Å². The predicted molar refractivity (Wildman–Crippen MR) is 110 cm³/mol. The molecular formula is C21H26N2O3S. The van der Waals surface area contributed by atoms with Crippen LogP contribution < -0.4 is 5.32 Å². The molecule has 2 atom stereocenters. The van der Waals surface area contributed by atoms with Gasteiger partial charge in [0.05, 0.1) is 6.04 Å². The standard InChI is InChI=1S/C21H26N2O3S/c1-7-12-26-19(25)17-13(2)22-20(27)23(14(3)24)18(17)15-8-10-16(11-9-15)21(4,5)6/h7-11,17-18H,1-2,12H2,3-6H3,(H,22,27)/t17-,18+/m0/s1. The number of hydrogen-bond donors (Lipinski definition) is 1. The molecule has 0 aliphatic carbocycles. The van der Waals surface area contributed by atoms with Crippen molar-refractivity contribution in [1.29, 1.82) is 0 Å². The molecule has 1 amide bonds. The van der Waals surface area contributed by atoms with Crippen LogP contribution in [0.15, 0.2) is 49.2 Å². The van der Waals surface area contributed by atoms with Gasteiger partial charge in [0.1, 0.15) is 12.5 Å². The fraction of sp³-hybridized carbons (Fsp3) is 0.381. The molecule has 27 heavy (non-hydrogen) atoms. The van der Waals surface area contributed by atoms with Crippen LogP contribution in [-0.4, -0.2) is 28.5 Å². The first-order chi connectivity index (χ1) is 12.6. The highest BCUT2D eigenvalue weighted by Crippen LogP contribution is 2.37. The molecule has 0 bridgehead atoms. The van der Waals surface area contributed by atoms with Gasteiger partial charge in [0.25, 0.3) is 0 Å². The maximum absolute atomic E-state index is 12.7. The van der Waals surface area contributed by atoms with Crippen molar-refractivity contribution in [2.24, 2.45) is 5.92 Å². The summed E-state index contributed by atoms with van der Waals surface area (Å²) in [5.74, 6) is -1.52. The average Bonchev–Trinajstić information content (AvgIpc) is 2.58. The molecule has 1 fully saturated rings. The summed E-state index contributed by atoms with van der Waals surface area (Å²) in [6, 6.07) is 7.25. The Labute approximate surface area is 166 Å². The molecule has 0 aromatic heterocycles. The lowest BCUT2D eigenvalue weighted by Gasteiger charge is -2.41. The van der Waals surface area contributed by atoms with Crippen LogP contribution in [0.3, 0.4) is 0 Å². The second-order valence-electron chi connectivity index (χ2n) is 7.56. The van der Waals surface area contributed by atoms with E-state index in [1.165, 1.54) is 17.9 Å². The summed E-state index contributed by atoms with van der Waals surface area (Å²) in [5.41, 5.74) is 2.36. The van der Waals surface area contributed by atoms with Crippen molar-refractivity contribution in [3.05, 3.63) is 60.3 Å². The van der Waals surface area contributed by atoms with Gasteiger partial charge in [-0.1, -0.05) is 64.3 Å². The second kappa shape index (κ2) is 8.05. The van der Waals surface area contributed by atoms with Gasteiger partial charge in [-0.05, 0) is 28.8 Å². The summed E-state index contributed by atoms with van der Waals surface area (Å²) >= 11 is 5.33. The van der Waals surface area contributed by atoms with E-state index < -0.39 is 17.9 Å². The fourth-order valence-corrected chi connectivity index (χ4v) is 3.48. The molecule has 0 saturated carbocycles. The van der Waals surface area contributed by atoms with E-state index in [0.29, 0.717) is 5.70 Å². The third-order valence-corrected chi connectivity index (χ3v) is 4.81. The van der Waals surface area contributed by atoms with Crippen molar-refractivity contribution in [3.63, 3.8) is 0 Å². The number of benzene rings is 1. The summed E-state index contributed by atoms with van der Waals surface area (Å²) in [7, 11) is 0. The SMILES string of the molecule is C=CCOC(=O)[C@H]1C(=C)NC(=S)N(C(C)=O)[C@@H]1c1ccc(C(C)(C)C)cc1. The molecule has 5 nitrogen and oxygen atoms in total. The third kappa shape index (κ3) is 4.45. The minimum Gasteiger partial charge on any atom is -0.461 e. The number of nitrogens with one attached hydrogen (secondary N) is 1. The van der Waals surface area contributed by atoms with Crippen molar-refractivity contribution in [2.45, 2.75) is 39.2 Å². The maximum Gasteiger partial charge on any atom is 0.317 e. The molecule has 0 unspecified atom stereocenters. The van der Waals surface area contributed by atoms with Crippen LogP contribution in [0.1, 0.15) is 44.9 Å². The van der Waals surface area contributed by atoms with E-state index in [-0.39, 0.29) is 23.0 Å². The molecular weight excluding hydrogens is 360 g/mol. The number of thiocarbonyl (C=S) groups is 1. The molecule has 1 aliphatic heterocycles. The Morgan fingerprint density at radius 2 is 1.89 bits per heavy atom. The first-order valence-electron chi connectivity index (χ1n) is 8.75. The fourth-order valence-electron chi connectivity index (χ4n) is 3.10. The van der Waals surface area contributed by atoms with E-state index >= 15 is 0 Å². The first-order valence-corrected chi connectivity index (χ1v) is 9.16. The molecule has 1 N–H and O–H groups in total. The molecule has 1 aliphatic rings. The third-order valence-electron chi connectivity index (χ3n) is 4.51. The topological polar surface area (TPSA) is 58.6 Å². The summed E-state index contributed by atoms with van der Waals surface area (Å²) in [4.78, 5) is 26.4. The van der Waals surface area contributed by atoms with Crippen molar-refractivity contribution >= 4 is 29.2 Å². The van der Waals surface area contributed by atoms with E-state index in [9.17, 15) is 9.59 Å². The summed E-state index contributed by atoms with van der Waals surface area (Å²) in [6.45, 7) is 15.4. The minimum absolute atomic E-state index is 0.00585. The number of hydrogen-bond acceptors (Lipinski definition) is 4. The van der Waals surface area contributed by atoms with Crippen LogP contribution in [0.5, 0.6) is 0 Å². The number of carbonyl (C=O) groups excluding carboxylic acids is 2. The van der Waals surface area contributed by atoms with Crippen LogP contribution >= 0.6 is 12.2 Å². The highest BCUT2D eigenvalue weighted by Gasteiger charge is 2.44. The number of rotatable bonds is 4. The summed E-state index contributed by atoms with van der Waals surface area (Å²) in [6.07, 6.45) is 1.50. The Balaban J connectivity index is 2.52. The Bertz CT molecular complexity index is 778. The Morgan fingerprint density at radius 1 is 1.30 bits per heavy atom. The lowest BCUT2D eigenvalue weighted by Crippen LogP contribution is -2.55. The Hall–Kier alpha value is -2.47. The minimum atomic E-state index is -0.777. The summed E-state index contributed by atoms with van der Waals surface area (Å²) in [5, 5.41) is 3.10. The van der Waals surface area contributed by atoms with E-state index in [4.69, 9.17) is 17.0 Å². The second-order valence-corrected chi connectivity index (χ2v) is 7.94. The van der Waals surface area contributed by atoms with Gasteiger partial charge in [-0.3, -0.25) is 14.5 Å².